The molecule has 2 fully saturated rings. The molecule has 1 heteroatoms. The number of hydrogen-bond donors (Lipinski definition) is 0. The maximum Gasteiger partial charge on any atom is 0.00123 e. The third kappa shape index (κ3) is 2.22. The van der Waals surface area contributed by atoms with Gasteiger partial charge in [0.05, 0.1) is 0 Å². The molecule has 1 aliphatic carbocycles. The largest absolute Gasteiger partial charge is 0.303 e. The van der Waals surface area contributed by atoms with Gasteiger partial charge in [-0.2, -0.15) is 0 Å². The van der Waals surface area contributed by atoms with E-state index in [2.05, 4.69) is 11.8 Å². The molecule has 1 saturated carbocycles. The molecule has 1 nitrogen and oxygen atoms in total. The van der Waals surface area contributed by atoms with E-state index < -0.39 is 0 Å². The first-order chi connectivity index (χ1) is 5.86. The van der Waals surface area contributed by atoms with Gasteiger partial charge in [0.1, 0.15) is 0 Å². The highest BCUT2D eigenvalue weighted by Crippen LogP contribution is 2.38. The summed E-state index contributed by atoms with van der Waals surface area (Å²) in [6, 6.07) is 0. The topological polar surface area (TPSA) is 3.24 Å². The monoisotopic (exact) mass is 167 g/mol. The molecule has 1 aliphatic heterocycles. The van der Waals surface area contributed by atoms with E-state index in [4.69, 9.17) is 0 Å². The molecule has 1 heterocycles. The second kappa shape index (κ2) is 3.78. The minimum Gasteiger partial charge on any atom is -0.303 e. The van der Waals surface area contributed by atoms with Crippen LogP contribution < -0.4 is 0 Å². The fraction of sp³-hybridized carbons (Fsp3) is 1.00. The van der Waals surface area contributed by atoms with E-state index in [9.17, 15) is 0 Å². The molecule has 0 amide bonds. The van der Waals surface area contributed by atoms with Crippen molar-refractivity contribution in [2.45, 2.75) is 39.0 Å². The Balaban J connectivity index is 1.71. The zero-order valence-corrected chi connectivity index (χ0v) is 8.26. The zero-order chi connectivity index (χ0) is 8.39. The van der Waals surface area contributed by atoms with E-state index in [-0.39, 0.29) is 0 Å². The average molecular weight is 167 g/mol. The van der Waals surface area contributed by atoms with Gasteiger partial charge in [0.25, 0.3) is 0 Å². The molecular formula is C11H21N. The molecule has 0 aromatic carbocycles. The van der Waals surface area contributed by atoms with Crippen LogP contribution in [0.5, 0.6) is 0 Å². The molecule has 0 radical (unpaired) electrons. The lowest BCUT2D eigenvalue weighted by molar-refractivity contribution is 0.269. The zero-order valence-electron chi connectivity index (χ0n) is 8.26. The van der Waals surface area contributed by atoms with Crippen molar-refractivity contribution in [3.63, 3.8) is 0 Å². The maximum absolute atomic E-state index is 2.70. The molecule has 2 rings (SSSR count). The lowest BCUT2D eigenvalue weighted by Gasteiger charge is -2.19. The lowest BCUT2D eigenvalue weighted by Crippen LogP contribution is -2.27. The molecule has 0 aromatic rings. The van der Waals surface area contributed by atoms with Gasteiger partial charge in [-0.25, -0.2) is 0 Å². The third-order valence-corrected chi connectivity index (χ3v) is 3.47. The Morgan fingerprint density at radius 2 is 1.67 bits per heavy atom. The summed E-state index contributed by atoms with van der Waals surface area (Å²) in [5.74, 6) is 2.09. The van der Waals surface area contributed by atoms with Crippen molar-refractivity contribution in [1.29, 1.82) is 0 Å². The molecule has 0 N–H and O–H groups in total. The van der Waals surface area contributed by atoms with Gasteiger partial charge in [0.2, 0.25) is 0 Å². The SMILES string of the molecule is CC1CC1CN1CCCCCC1. The Kier molecular flexibility index (Phi) is 2.69. The molecular weight excluding hydrogens is 146 g/mol. The normalized spacial score (nSPS) is 37.8. The summed E-state index contributed by atoms with van der Waals surface area (Å²) in [6.07, 6.45) is 7.33. The predicted octanol–water partition coefficient (Wildman–Crippen LogP) is 2.52. The molecule has 0 aromatic heterocycles. The highest BCUT2D eigenvalue weighted by molar-refractivity contribution is 4.85. The van der Waals surface area contributed by atoms with Gasteiger partial charge in [0.15, 0.2) is 0 Å². The molecule has 0 spiro atoms. The minimum absolute atomic E-state index is 1.04. The van der Waals surface area contributed by atoms with Crippen LogP contribution in [0.15, 0.2) is 0 Å². The Labute approximate surface area is 76.1 Å². The van der Waals surface area contributed by atoms with Crippen molar-refractivity contribution >= 4 is 0 Å². The Bertz CT molecular complexity index is 136. The molecule has 12 heavy (non-hydrogen) atoms. The van der Waals surface area contributed by atoms with Crippen LogP contribution in [-0.4, -0.2) is 24.5 Å². The van der Waals surface area contributed by atoms with Crippen LogP contribution in [0.2, 0.25) is 0 Å². The van der Waals surface area contributed by atoms with Crippen LogP contribution in [0.1, 0.15) is 39.0 Å². The van der Waals surface area contributed by atoms with Crippen molar-refractivity contribution in [2.75, 3.05) is 19.6 Å². The summed E-state index contributed by atoms with van der Waals surface area (Å²) >= 11 is 0. The van der Waals surface area contributed by atoms with E-state index >= 15 is 0 Å². The van der Waals surface area contributed by atoms with Crippen LogP contribution in [0.25, 0.3) is 0 Å². The molecule has 0 bridgehead atoms. The quantitative estimate of drug-likeness (QED) is 0.611. The Morgan fingerprint density at radius 1 is 1.08 bits per heavy atom. The van der Waals surface area contributed by atoms with Crippen LogP contribution >= 0.6 is 0 Å². The molecule has 2 atom stereocenters. The van der Waals surface area contributed by atoms with Gasteiger partial charge < -0.3 is 4.90 Å². The van der Waals surface area contributed by atoms with Gasteiger partial charge in [-0.1, -0.05) is 19.8 Å². The van der Waals surface area contributed by atoms with E-state index in [1.54, 1.807) is 0 Å². The van der Waals surface area contributed by atoms with Crippen LogP contribution in [0.3, 0.4) is 0 Å². The van der Waals surface area contributed by atoms with Gasteiger partial charge in [-0.3, -0.25) is 0 Å². The first-order valence-electron chi connectivity index (χ1n) is 5.58. The minimum atomic E-state index is 1.04. The van der Waals surface area contributed by atoms with Crippen molar-refractivity contribution in [1.82, 2.24) is 4.90 Å². The van der Waals surface area contributed by atoms with Gasteiger partial charge >= 0.3 is 0 Å². The molecule has 2 unspecified atom stereocenters. The first-order valence-corrected chi connectivity index (χ1v) is 5.58. The second-order valence-corrected chi connectivity index (χ2v) is 4.69. The standard InChI is InChI=1S/C11H21N/c1-10-8-11(10)9-12-6-4-2-3-5-7-12/h10-11H,2-9H2,1H3. The average Bonchev–Trinajstić information content (AvgIpc) is 2.78. The smallest absolute Gasteiger partial charge is 0.00123 e. The number of likely N-dealkylation sites (tertiary alicyclic amines) is 1. The van der Waals surface area contributed by atoms with Crippen molar-refractivity contribution < 1.29 is 0 Å². The molecule has 2 aliphatic rings. The summed E-state index contributed by atoms with van der Waals surface area (Å²) in [5.41, 5.74) is 0. The number of hydrogen-bond acceptors (Lipinski definition) is 1. The van der Waals surface area contributed by atoms with Crippen molar-refractivity contribution in [3.8, 4) is 0 Å². The highest BCUT2D eigenvalue weighted by atomic mass is 15.1. The van der Waals surface area contributed by atoms with Crippen molar-refractivity contribution in [3.05, 3.63) is 0 Å². The van der Waals surface area contributed by atoms with Crippen molar-refractivity contribution in [2.24, 2.45) is 11.8 Å². The first kappa shape index (κ1) is 8.55. The maximum atomic E-state index is 2.70. The van der Waals surface area contributed by atoms with Gasteiger partial charge in [-0.05, 0) is 44.2 Å². The lowest BCUT2D eigenvalue weighted by atomic mass is 10.2. The fourth-order valence-electron chi connectivity index (χ4n) is 2.30. The van der Waals surface area contributed by atoms with E-state index in [1.165, 1.54) is 51.7 Å². The van der Waals surface area contributed by atoms with E-state index in [0.29, 0.717) is 0 Å². The summed E-state index contributed by atoms with van der Waals surface area (Å²) in [7, 11) is 0. The van der Waals surface area contributed by atoms with Crippen LogP contribution in [-0.2, 0) is 0 Å². The van der Waals surface area contributed by atoms with Crippen LogP contribution in [0.4, 0.5) is 0 Å². The number of nitrogens with zero attached hydrogens (tertiary/aromatic N) is 1. The summed E-state index contributed by atoms with van der Waals surface area (Å²) in [5, 5.41) is 0. The van der Waals surface area contributed by atoms with E-state index in [1.807, 2.05) is 0 Å². The van der Waals surface area contributed by atoms with E-state index in [0.717, 1.165) is 11.8 Å². The van der Waals surface area contributed by atoms with Crippen LogP contribution in [0, 0.1) is 11.8 Å². The third-order valence-electron chi connectivity index (χ3n) is 3.47. The summed E-state index contributed by atoms with van der Waals surface area (Å²) < 4.78 is 0. The predicted molar refractivity (Wildman–Crippen MR) is 52.2 cm³/mol. The Hall–Kier alpha value is -0.0400. The number of rotatable bonds is 2. The summed E-state index contributed by atoms with van der Waals surface area (Å²) in [6.45, 7) is 6.55. The molecule has 70 valence electrons. The second-order valence-electron chi connectivity index (χ2n) is 4.69. The molecule has 1 saturated heterocycles. The fourth-order valence-corrected chi connectivity index (χ4v) is 2.30. The Morgan fingerprint density at radius 3 is 2.17 bits per heavy atom. The van der Waals surface area contributed by atoms with Gasteiger partial charge in [0, 0.05) is 6.54 Å². The summed E-state index contributed by atoms with van der Waals surface area (Å²) in [4.78, 5) is 2.70. The van der Waals surface area contributed by atoms with Gasteiger partial charge in [-0.15, -0.1) is 0 Å². The highest BCUT2D eigenvalue weighted by Gasteiger charge is 2.33.